The van der Waals surface area contributed by atoms with Crippen LogP contribution in [0.5, 0.6) is 5.75 Å². The predicted molar refractivity (Wildman–Crippen MR) is 132 cm³/mol. The summed E-state index contributed by atoms with van der Waals surface area (Å²) in [7, 11) is -3.90. The van der Waals surface area contributed by atoms with Crippen molar-refractivity contribution in [2.75, 3.05) is 13.2 Å². The molecule has 0 radical (unpaired) electrons. The van der Waals surface area contributed by atoms with Crippen molar-refractivity contribution in [1.29, 1.82) is 0 Å². The second kappa shape index (κ2) is 11.7. The monoisotopic (exact) mass is 529 g/mol. The summed E-state index contributed by atoms with van der Waals surface area (Å²) >= 11 is 3.37. The molecule has 0 aromatic heterocycles. The molecular formula is C24H24BrN3O4S. The summed E-state index contributed by atoms with van der Waals surface area (Å²) in [6, 6.07) is 22.5. The highest BCUT2D eigenvalue weighted by molar-refractivity contribution is 9.10. The molecular weight excluding hydrogens is 506 g/mol. The maximum atomic E-state index is 13.2. The van der Waals surface area contributed by atoms with Gasteiger partial charge in [-0.25, -0.2) is 13.8 Å². The Morgan fingerprint density at radius 3 is 2.33 bits per heavy atom. The fraction of sp³-hybridized carbons (Fsp3) is 0.167. The van der Waals surface area contributed by atoms with E-state index in [1.807, 2.05) is 19.1 Å². The second-order valence-corrected chi connectivity index (χ2v) is 9.86. The standard InChI is InChI=1S/C24H24BrN3O4S/c1-2-32-22-14-10-19(11-15-22)16-26-27-24(29)18-28(17-20-8-12-21(25)13-9-20)33(30,31)23-6-4-3-5-7-23/h3-16H,2,17-18H2,1H3,(H,27,29)/b26-16-. The van der Waals surface area contributed by atoms with Crippen LogP contribution in [0, 0.1) is 0 Å². The summed E-state index contributed by atoms with van der Waals surface area (Å²) in [6.07, 6.45) is 1.48. The fourth-order valence-corrected chi connectivity index (χ4v) is 4.62. The molecule has 1 amide bonds. The Hall–Kier alpha value is -3.01. The molecule has 3 rings (SSSR count). The fourth-order valence-electron chi connectivity index (χ4n) is 2.95. The average molecular weight is 530 g/mol. The zero-order chi connectivity index (χ0) is 23.7. The first-order chi connectivity index (χ1) is 15.9. The van der Waals surface area contributed by atoms with Gasteiger partial charge in [-0.05, 0) is 66.6 Å². The lowest BCUT2D eigenvalue weighted by Gasteiger charge is -2.21. The van der Waals surface area contributed by atoms with Crippen molar-refractivity contribution >= 4 is 38.1 Å². The quantitative estimate of drug-likeness (QED) is 0.315. The summed E-state index contributed by atoms with van der Waals surface area (Å²) in [4.78, 5) is 12.7. The lowest BCUT2D eigenvalue weighted by molar-refractivity contribution is -0.121. The number of hydrogen-bond donors (Lipinski definition) is 1. The van der Waals surface area contributed by atoms with Gasteiger partial charge in [0.2, 0.25) is 10.0 Å². The van der Waals surface area contributed by atoms with Gasteiger partial charge in [0.05, 0.1) is 24.3 Å². The smallest absolute Gasteiger partial charge is 0.255 e. The predicted octanol–water partition coefficient (Wildman–Crippen LogP) is 4.19. The highest BCUT2D eigenvalue weighted by Gasteiger charge is 2.26. The van der Waals surface area contributed by atoms with E-state index in [2.05, 4.69) is 26.5 Å². The Labute approximate surface area is 202 Å². The number of carbonyl (C=O) groups is 1. The number of nitrogens with one attached hydrogen (secondary N) is 1. The minimum atomic E-state index is -3.90. The first kappa shape index (κ1) is 24.6. The Morgan fingerprint density at radius 2 is 1.70 bits per heavy atom. The molecule has 0 aliphatic carbocycles. The number of rotatable bonds is 10. The average Bonchev–Trinajstić information content (AvgIpc) is 2.82. The van der Waals surface area contributed by atoms with Gasteiger partial charge in [0.15, 0.2) is 0 Å². The van der Waals surface area contributed by atoms with Crippen molar-refractivity contribution in [2.24, 2.45) is 5.10 Å². The molecule has 3 aromatic rings. The van der Waals surface area contributed by atoms with Gasteiger partial charge in [-0.1, -0.05) is 46.3 Å². The van der Waals surface area contributed by atoms with E-state index in [1.165, 1.54) is 18.3 Å². The van der Waals surface area contributed by atoms with E-state index in [9.17, 15) is 13.2 Å². The number of hydrogen-bond acceptors (Lipinski definition) is 5. The summed E-state index contributed by atoms with van der Waals surface area (Å²) in [5.41, 5.74) is 3.92. The SMILES string of the molecule is CCOc1ccc(/C=N\NC(=O)CN(Cc2ccc(Br)cc2)S(=O)(=O)c2ccccc2)cc1. The van der Waals surface area contributed by atoms with E-state index in [4.69, 9.17) is 4.74 Å². The zero-order valence-electron chi connectivity index (χ0n) is 18.0. The maximum Gasteiger partial charge on any atom is 0.255 e. The van der Waals surface area contributed by atoms with Crippen molar-refractivity contribution in [3.05, 3.63) is 94.5 Å². The molecule has 0 bridgehead atoms. The number of ether oxygens (including phenoxy) is 1. The third kappa shape index (κ3) is 7.24. The number of halogens is 1. The molecule has 0 aliphatic rings. The van der Waals surface area contributed by atoms with Crippen LogP contribution < -0.4 is 10.2 Å². The van der Waals surface area contributed by atoms with Gasteiger partial charge in [-0.2, -0.15) is 9.41 Å². The van der Waals surface area contributed by atoms with Crippen molar-refractivity contribution in [1.82, 2.24) is 9.73 Å². The van der Waals surface area contributed by atoms with Crippen LogP contribution in [-0.4, -0.2) is 38.0 Å². The number of hydrazone groups is 1. The summed E-state index contributed by atoms with van der Waals surface area (Å²) in [6.45, 7) is 2.14. The third-order valence-corrected chi connectivity index (χ3v) is 6.90. The highest BCUT2D eigenvalue weighted by Crippen LogP contribution is 2.19. The lowest BCUT2D eigenvalue weighted by Crippen LogP contribution is -2.39. The first-order valence-corrected chi connectivity index (χ1v) is 12.5. The minimum Gasteiger partial charge on any atom is -0.494 e. The molecule has 0 aliphatic heterocycles. The van der Waals surface area contributed by atoms with Gasteiger partial charge >= 0.3 is 0 Å². The van der Waals surface area contributed by atoms with Crippen LogP contribution in [0.1, 0.15) is 18.1 Å². The molecule has 0 saturated carbocycles. The molecule has 0 unspecified atom stereocenters. The molecule has 1 N–H and O–H groups in total. The number of carbonyl (C=O) groups excluding carboxylic acids is 1. The van der Waals surface area contributed by atoms with Crippen LogP contribution in [0.25, 0.3) is 0 Å². The third-order valence-electron chi connectivity index (χ3n) is 4.57. The maximum absolute atomic E-state index is 13.2. The van der Waals surface area contributed by atoms with E-state index >= 15 is 0 Å². The summed E-state index contributed by atoms with van der Waals surface area (Å²) in [5.74, 6) is 0.196. The molecule has 0 fully saturated rings. The lowest BCUT2D eigenvalue weighted by atomic mass is 10.2. The van der Waals surface area contributed by atoms with Crippen molar-refractivity contribution in [3.8, 4) is 5.75 Å². The van der Waals surface area contributed by atoms with Crippen LogP contribution in [0.3, 0.4) is 0 Å². The number of sulfonamides is 1. The van der Waals surface area contributed by atoms with Crippen LogP contribution in [-0.2, 0) is 21.4 Å². The van der Waals surface area contributed by atoms with Crippen LogP contribution in [0.15, 0.2) is 93.3 Å². The van der Waals surface area contributed by atoms with E-state index in [-0.39, 0.29) is 18.0 Å². The van der Waals surface area contributed by atoms with Gasteiger partial charge in [0.25, 0.3) is 5.91 Å². The number of nitrogens with zero attached hydrogens (tertiary/aromatic N) is 2. The van der Waals surface area contributed by atoms with Crippen molar-refractivity contribution in [3.63, 3.8) is 0 Å². The van der Waals surface area contributed by atoms with Gasteiger partial charge in [0, 0.05) is 11.0 Å². The molecule has 0 atom stereocenters. The summed E-state index contributed by atoms with van der Waals surface area (Å²) in [5, 5.41) is 3.95. The van der Waals surface area contributed by atoms with Crippen LogP contribution >= 0.6 is 15.9 Å². The molecule has 3 aromatic carbocycles. The Bertz CT molecular complexity index is 1180. The molecule has 7 nitrogen and oxygen atoms in total. The number of amides is 1. The molecule has 9 heteroatoms. The van der Waals surface area contributed by atoms with Gasteiger partial charge in [-0.3, -0.25) is 4.79 Å². The Balaban J connectivity index is 1.72. The molecule has 0 spiro atoms. The molecule has 0 heterocycles. The summed E-state index contributed by atoms with van der Waals surface area (Å²) < 4.78 is 33.8. The molecule has 0 saturated heterocycles. The zero-order valence-corrected chi connectivity index (χ0v) is 20.4. The minimum absolute atomic E-state index is 0.0422. The van der Waals surface area contributed by atoms with E-state index in [0.29, 0.717) is 6.61 Å². The molecule has 172 valence electrons. The van der Waals surface area contributed by atoms with Crippen molar-refractivity contribution in [2.45, 2.75) is 18.4 Å². The van der Waals surface area contributed by atoms with E-state index in [1.54, 1.807) is 54.6 Å². The number of benzene rings is 3. The van der Waals surface area contributed by atoms with Crippen LogP contribution in [0.4, 0.5) is 0 Å². The Kier molecular flexibility index (Phi) is 8.76. The normalized spacial score (nSPS) is 11.6. The topological polar surface area (TPSA) is 88.1 Å². The van der Waals surface area contributed by atoms with E-state index < -0.39 is 15.9 Å². The molecule has 33 heavy (non-hydrogen) atoms. The Morgan fingerprint density at radius 1 is 1.03 bits per heavy atom. The largest absolute Gasteiger partial charge is 0.494 e. The van der Waals surface area contributed by atoms with Gasteiger partial charge in [0.1, 0.15) is 5.75 Å². The van der Waals surface area contributed by atoms with Crippen LogP contribution in [0.2, 0.25) is 0 Å². The van der Waals surface area contributed by atoms with Gasteiger partial charge < -0.3 is 4.74 Å². The highest BCUT2D eigenvalue weighted by atomic mass is 79.9. The van der Waals surface area contributed by atoms with Gasteiger partial charge in [-0.15, -0.1) is 0 Å². The van der Waals surface area contributed by atoms with Crippen molar-refractivity contribution < 1.29 is 17.9 Å². The van der Waals surface area contributed by atoms with E-state index in [0.717, 1.165) is 25.7 Å². The second-order valence-electron chi connectivity index (χ2n) is 7.01. The first-order valence-electron chi connectivity index (χ1n) is 10.2.